The standard InChI is InChI=1S/C26H28N2O3S/c1-2-30-24-16-20(26(32)28-14-12-19(13-15-28)25(27)29)10-11-23(24)31-17-21-8-5-7-18-6-3-4-9-22(18)21/h3-11,16,19H,2,12-15,17H2,1H3,(H2,27,29). The predicted molar refractivity (Wildman–Crippen MR) is 131 cm³/mol. The molecule has 0 bridgehead atoms. The minimum absolute atomic E-state index is 0.0575. The molecule has 0 aliphatic carbocycles. The van der Waals surface area contributed by atoms with Crippen LogP contribution in [0.15, 0.2) is 60.7 Å². The van der Waals surface area contributed by atoms with Crippen molar-refractivity contribution in [2.24, 2.45) is 11.7 Å². The third-order valence-corrected chi connectivity index (χ3v) is 6.43. The van der Waals surface area contributed by atoms with Crippen LogP contribution in [-0.4, -0.2) is 35.5 Å². The largest absolute Gasteiger partial charge is 0.490 e. The van der Waals surface area contributed by atoms with Gasteiger partial charge >= 0.3 is 0 Å². The SMILES string of the molecule is CCOc1cc(C(=S)N2CCC(C(N)=O)CC2)ccc1OCc1cccc2ccccc12. The summed E-state index contributed by atoms with van der Waals surface area (Å²) in [5.74, 6) is 1.10. The van der Waals surface area contributed by atoms with Gasteiger partial charge in [-0.2, -0.15) is 0 Å². The Morgan fingerprint density at radius 2 is 1.78 bits per heavy atom. The van der Waals surface area contributed by atoms with Crippen molar-refractivity contribution >= 4 is 33.9 Å². The van der Waals surface area contributed by atoms with Gasteiger partial charge in [-0.05, 0) is 54.3 Å². The Morgan fingerprint density at radius 3 is 2.53 bits per heavy atom. The molecule has 1 saturated heterocycles. The van der Waals surface area contributed by atoms with Crippen LogP contribution in [0.4, 0.5) is 0 Å². The first-order valence-electron chi connectivity index (χ1n) is 11.0. The second-order valence-corrected chi connectivity index (χ2v) is 8.38. The summed E-state index contributed by atoms with van der Waals surface area (Å²) in [5, 5.41) is 2.38. The predicted octanol–water partition coefficient (Wildman–Crippen LogP) is 4.69. The number of likely N-dealkylation sites (tertiary alicyclic amines) is 1. The highest BCUT2D eigenvalue weighted by molar-refractivity contribution is 7.80. The van der Waals surface area contributed by atoms with E-state index < -0.39 is 0 Å². The normalized spacial score (nSPS) is 14.3. The number of benzene rings is 3. The number of hydrogen-bond donors (Lipinski definition) is 1. The fourth-order valence-electron chi connectivity index (χ4n) is 4.15. The molecule has 32 heavy (non-hydrogen) atoms. The minimum atomic E-state index is -0.220. The number of carbonyl (C=O) groups is 1. The van der Waals surface area contributed by atoms with Gasteiger partial charge in [-0.15, -0.1) is 0 Å². The van der Waals surface area contributed by atoms with Crippen molar-refractivity contribution in [1.82, 2.24) is 4.90 Å². The van der Waals surface area contributed by atoms with E-state index in [-0.39, 0.29) is 11.8 Å². The van der Waals surface area contributed by atoms with Gasteiger partial charge in [-0.3, -0.25) is 4.79 Å². The molecule has 0 atom stereocenters. The lowest BCUT2D eigenvalue weighted by molar-refractivity contribution is -0.122. The second-order valence-electron chi connectivity index (χ2n) is 7.99. The number of primary amides is 1. The Bertz CT molecular complexity index is 1120. The summed E-state index contributed by atoms with van der Waals surface area (Å²) in [6, 6.07) is 20.4. The van der Waals surface area contributed by atoms with Crippen LogP contribution in [0.3, 0.4) is 0 Å². The summed E-state index contributed by atoms with van der Waals surface area (Å²) in [7, 11) is 0. The van der Waals surface area contributed by atoms with Gasteiger partial charge in [-0.1, -0.05) is 54.7 Å². The number of ether oxygens (including phenoxy) is 2. The maximum Gasteiger partial charge on any atom is 0.220 e. The molecule has 5 nitrogen and oxygen atoms in total. The molecule has 1 amide bonds. The maximum atomic E-state index is 11.4. The summed E-state index contributed by atoms with van der Waals surface area (Å²) in [5.41, 5.74) is 7.49. The minimum Gasteiger partial charge on any atom is -0.490 e. The molecule has 0 unspecified atom stereocenters. The molecule has 1 heterocycles. The molecule has 1 aliphatic heterocycles. The van der Waals surface area contributed by atoms with Gasteiger partial charge in [-0.25, -0.2) is 0 Å². The van der Waals surface area contributed by atoms with Crippen LogP contribution in [0.5, 0.6) is 11.5 Å². The molecule has 3 aromatic rings. The molecule has 166 valence electrons. The van der Waals surface area contributed by atoms with Crippen molar-refractivity contribution in [3.63, 3.8) is 0 Å². The van der Waals surface area contributed by atoms with E-state index in [1.807, 2.05) is 43.3 Å². The fourth-order valence-corrected chi connectivity index (χ4v) is 4.46. The number of thiocarbonyl (C=S) groups is 1. The fraction of sp³-hybridized carbons (Fsp3) is 0.308. The Labute approximate surface area is 194 Å². The second kappa shape index (κ2) is 10.0. The Balaban J connectivity index is 1.49. The molecular weight excluding hydrogens is 420 g/mol. The van der Waals surface area contributed by atoms with Crippen molar-refractivity contribution in [2.75, 3.05) is 19.7 Å². The summed E-state index contributed by atoms with van der Waals surface area (Å²) in [6.45, 7) is 4.40. The van der Waals surface area contributed by atoms with Crippen LogP contribution in [0.1, 0.15) is 30.9 Å². The highest BCUT2D eigenvalue weighted by Gasteiger charge is 2.25. The third-order valence-electron chi connectivity index (χ3n) is 5.94. The van der Waals surface area contributed by atoms with Crippen LogP contribution >= 0.6 is 12.2 Å². The Hall–Kier alpha value is -3.12. The summed E-state index contributed by atoms with van der Waals surface area (Å²) in [6.07, 6.45) is 1.47. The molecule has 1 fully saturated rings. The first-order valence-corrected chi connectivity index (χ1v) is 11.4. The van der Waals surface area contributed by atoms with Crippen molar-refractivity contribution in [3.8, 4) is 11.5 Å². The van der Waals surface area contributed by atoms with Crippen molar-refractivity contribution in [3.05, 3.63) is 71.8 Å². The number of nitrogens with two attached hydrogens (primary N) is 1. The molecule has 0 radical (unpaired) electrons. The quantitative estimate of drug-likeness (QED) is 0.531. The van der Waals surface area contributed by atoms with Crippen LogP contribution < -0.4 is 15.2 Å². The van der Waals surface area contributed by atoms with Crippen LogP contribution in [-0.2, 0) is 11.4 Å². The van der Waals surface area contributed by atoms with E-state index in [1.54, 1.807) is 0 Å². The van der Waals surface area contributed by atoms with Gasteiger partial charge in [0.05, 0.1) is 6.61 Å². The van der Waals surface area contributed by atoms with Crippen LogP contribution in [0, 0.1) is 5.92 Å². The number of hydrogen-bond acceptors (Lipinski definition) is 4. The first kappa shape index (κ1) is 22.1. The first-order chi connectivity index (χ1) is 15.6. The monoisotopic (exact) mass is 448 g/mol. The van der Waals surface area contributed by atoms with Gasteiger partial charge in [0.15, 0.2) is 11.5 Å². The average Bonchev–Trinajstić information content (AvgIpc) is 2.83. The molecule has 0 saturated carbocycles. The van der Waals surface area contributed by atoms with E-state index >= 15 is 0 Å². The Morgan fingerprint density at radius 1 is 1.03 bits per heavy atom. The Kier molecular flexibility index (Phi) is 6.90. The lowest BCUT2D eigenvalue weighted by Crippen LogP contribution is -2.41. The molecular formula is C26H28N2O3S. The van der Waals surface area contributed by atoms with Gasteiger partial charge in [0.1, 0.15) is 11.6 Å². The van der Waals surface area contributed by atoms with Gasteiger partial charge in [0.25, 0.3) is 0 Å². The maximum absolute atomic E-state index is 11.4. The number of piperidine rings is 1. The van der Waals surface area contributed by atoms with E-state index in [0.717, 1.165) is 42.0 Å². The van der Waals surface area contributed by atoms with Crippen molar-refractivity contribution < 1.29 is 14.3 Å². The van der Waals surface area contributed by atoms with E-state index in [2.05, 4.69) is 29.2 Å². The molecule has 0 aromatic heterocycles. The number of fused-ring (bicyclic) bond motifs is 1. The van der Waals surface area contributed by atoms with E-state index in [9.17, 15) is 4.79 Å². The van der Waals surface area contributed by atoms with Crippen molar-refractivity contribution in [1.29, 1.82) is 0 Å². The number of nitrogens with zero attached hydrogens (tertiary/aromatic N) is 1. The number of rotatable bonds is 7. The number of amides is 1. The lowest BCUT2D eigenvalue weighted by atomic mass is 9.96. The summed E-state index contributed by atoms with van der Waals surface area (Å²) >= 11 is 5.74. The van der Waals surface area contributed by atoms with E-state index in [0.29, 0.717) is 24.7 Å². The zero-order chi connectivity index (χ0) is 22.5. The zero-order valence-electron chi connectivity index (χ0n) is 18.3. The average molecular weight is 449 g/mol. The van der Waals surface area contributed by atoms with Gasteiger partial charge in [0.2, 0.25) is 5.91 Å². The third kappa shape index (κ3) is 4.86. The summed E-state index contributed by atoms with van der Waals surface area (Å²) < 4.78 is 12.0. The molecule has 1 aliphatic rings. The zero-order valence-corrected chi connectivity index (χ0v) is 19.1. The van der Waals surface area contributed by atoms with E-state index in [4.69, 9.17) is 27.4 Å². The summed E-state index contributed by atoms with van der Waals surface area (Å²) in [4.78, 5) is 14.3. The van der Waals surface area contributed by atoms with Crippen LogP contribution in [0.25, 0.3) is 10.8 Å². The van der Waals surface area contributed by atoms with Gasteiger partial charge in [0, 0.05) is 24.6 Å². The molecule has 4 rings (SSSR count). The lowest BCUT2D eigenvalue weighted by Gasteiger charge is -2.32. The molecule has 3 aromatic carbocycles. The topological polar surface area (TPSA) is 64.8 Å². The van der Waals surface area contributed by atoms with Crippen molar-refractivity contribution in [2.45, 2.75) is 26.4 Å². The number of carbonyl (C=O) groups excluding carboxylic acids is 1. The van der Waals surface area contributed by atoms with E-state index in [1.165, 1.54) is 10.8 Å². The molecule has 0 spiro atoms. The van der Waals surface area contributed by atoms with Gasteiger partial charge < -0.3 is 20.1 Å². The smallest absolute Gasteiger partial charge is 0.220 e. The molecule has 6 heteroatoms. The highest BCUT2D eigenvalue weighted by Crippen LogP contribution is 2.31. The highest BCUT2D eigenvalue weighted by atomic mass is 32.1. The molecule has 2 N–H and O–H groups in total. The van der Waals surface area contributed by atoms with Crippen LogP contribution in [0.2, 0.25) is 0 Å².